The SMILES string of the molecule is CNc1cc(C(=O)NCCC2CCCC2)cc(C(C)C)n1. The Bertz CT molecular complexity index is 479. The number of carbonyl (C=O) groups is 1. The molecule has 0 radical (unpaired) electrons. The largest absolute Gasteiger partial charge is 0.373 e. The van der Waals surface area contributed by atoms with Gasteiger partial charge in [-0.25, -0.2) is 4.98 Å². The molecule has 21 heavy (non-hydrogen) atoms. The molecule has 1 aromatic rings. The van der Waals surface area contributed by atoms with Gasteiger partial charge in [0, 0.05) is 24.8 Å². The molecule has 1 aromatic heterocycles. The van der Waals surface area contributed by atoms with Crippen LogP contribution in [0.25, 0.3) is 0 Å². The predicted octanol–water partition coefficient (Wildman–Crippen LogP) is 3.56. The summed E-state index contributed by atoms with van der Waals surface area (Å²) in [7, 11) is 1.83. The summed E-state index contributed by atoms with van der Waals surface area (Å²) in [4.78, 5) is 16.8. The van der Waals surface area contributed by atoms with Gasteiger partial charge in [-0.15, -0.1) is 0 Å². The standard InChI is InChI=1S/C17H27N3O/c1-12(2)15-10-14(11-16(18-3)20-15)17(21)19-9-8-13-6-4-5-7-13/h10-13H,4-9H2,1-3H3,(H,18,20)(H,19,21). The van der Waals surface area contributed by atoms with E-state index in [2.05, 4.69) is 29.5 Å². The van der Waals surface area contributed by atoms with Gasteiger partial charge in [-0.05, 0) is 30.4 Å². The van der Waals surface area contributed by atoms with Gasteiger partial charge in [-0.2, -0.15) is 0 Å². The second-order valence-electron chi connectivity index (χ2n) is 6.27. The topological polar surface area (TPSA) is 54.0 Å². The Hall–Kier alpha value is -1.58. The lowest BCUT2D eigenvalue weighted by molar-refractivity contribution is 0.0951. The number of aromatic nitrogens is 1. The fraction of sp³-hybridized carbons (Fsp3) is 0.647. The van der Waals surface area contributed by atoms with Crippen molar-refractivity contribution in [1.29, 1.82) is 0 Å². The van der Waals surface area contributed by atoms with E-state index in [1.165, 1.54) is 25.7 Å². The Balaban J connectivity index is 1.95. The van der Waals surface area contributed by atoms with Crippen molar-refractivity contribution in [2.75, 3.05) is 18.9 Å². The number of carbonyl (C=O) groups excluding carboxylic acids is 1. The third kappa shape index (κ3) is 4.45. The van der Waals surface area contributed by atoms with Crippen molar-refractivity contribution in [3.05, 3.63) is 23.4 Å². The number of hydrogen-bond donors (Lipinski definition) is 2. The van der Waals surface area contributed by atoms with Crippen LogP contribution in [-0.2, 0) is 0 Å². The Labute approximate surface area is 127 Å². The van der Waals surface area contributed by atoms with Crippen molar-refractivity contribution < 1.29 is 4.79 Å². The van der Waals surface area contributed by atoms with Gasteiger partial charge >= 0.3 is 0 Å². The van der Waals surface area contributed by atoms with Crippen LogP contribution in [0.4, 0.5) is 5.82 Å². The van der Waals surface area contributed by atoms with Crippen molar-refractivity contribution in [3.8, 4) is 0 Å². The van der Waals surface area contributed by atoms with Gasteiger partial charge < -0.3 is 10.6 Å². The summed E-state index contributed by atoms with van der Waals surface area (Å²) in [6.45, 7) is 4.95. The van der Waals surface area contributed by atoms with Crippen LogP contribution in [0.15, 0.2) is 12.1 Å². The van der Waals surface area contributed by atoms with E-state index in [9.17, 15) is 4.79 Å². The van der Waals surface area contributed by atoms with E-state index in [-0.39, 0.29) is 5.91 Å². The van der Waals surface area contributed by atoms with E-state index < -0.39 is 0 Å². The molecule has 0 aliphatic heterocycles. The highest BCUT2D eigenvalue weighted by Crippen LogP contribution is 2.27. The lowest BCUT2D eigenvalue weighted by atomic mass is 10.0. The number of nitrogens with zero attached hydrogens (tertiary/aromatic N) is 1. The first-order valence-electron chi connectivity index (χ1n) is 8.08. The quantitative estimate of drug-likeness (QED) is 0.842. The highest BCUT2D eigenvalue weighted by atomic mass is 16.1. The normalized spacial score (nSPS) is 15.4. The smallest absolute Gasteiger partial charge is 0.251 e. The third-order valence-corrected chi connectivity index (χ3v) is 4.27. The molecule has 0 bridgehead atoms. The highest BCUT2D eigenvalue weighted by Gasteiger charge is 2.16. The Morgan fingerprint density at radius 2 is 2.05 bits per heavy atom. The molecular formula is C17H27N3O. The molecule has 1 amide bonds. The lowest BCUT2D eigenvalue weighted by Gasteiger charge is -2.12. The van der Waals surface area contributed by atoms with Gasteiger partial charge in [0.05, 0.1) is 0 Å². The highest BCUT2D eigenvalue weighted by molar-refractivity contribution is 5.95. The van der Waals surface area contributed by atoms with Gasteiger partial charge in [0.25, 0.3) is 5.91 Å². The summed E-state index contributed by atoms with van der Waals surface area (Å²) in [5.74, 6) is 1.88. The van der Waals surface area contributed by atoms with E-state index in [4.69, 9.17) is 0 Å². The molecule has 0 atom stereocenters. The molecule has 1 aliphatic carbocycles. The predicted molar refractivity (Wildman–Crippen MR) is 86.8 cm³/mol. The minimum atomic E-state index is 0.00815. The van der Waals surface area contributed by atoms with Crippen LogP contribution in [0.5, 0.6) is 0 Å². The molecule has 0 spiro atoms. The van der Waals surface area contributed by atoms with Crippen LogP contribution in [0.3, 0.4) is 0 Å². The fourth-order valence-electron chi connectivity index (χ4n) is 2.90. The summed E-state index contributed by atoms with van der Waals surface area (Å²) >= 11 is 0. The molecule has 4 heteroatoms. The zero-order chi connectivity index (χ0) is 15.2. The summed E-state index contributed by atoms with van der Waals surface area (Å²) in [6.07, 6.45) is 6.46. The van der Waals surface area contributed by atoms with Crippen LogP contribution in [0.1, 0.15) is 67.9 Å². The lowest BCUT2D eigenvalue weighted by Crippen LogP contribution is -2.26. The number of pyridine rings is 1. The van der Waals surface area contributed by atoms with E-state index in [0.717, 1.165) is 30.4 Å². The Morgan fingerprint density at radius 1 is 1.33 bits per heavy atom. The molecule has 0 unspecified atom stereocenters. The Morgan fingerprint density at radius 3 is 2.67 bits per heavy atom. The van der Waals surface area contributed by atoms with Gasteiger partial charge in [0.15, 0.2) is 0 Å². The minimum Gasteiger partial charge on any atom is -0.373 e. The molecule has 1 saturated carbocycles. The van der Waals surface area contributed by atoms with Gasteiger partial charge in [0.2, 0.25) is 0 Å². The number of amides is 1. The van der Waals surface area contributed by atoms with Crippen molar-refractivity contribution in [3.63, 3.8) is 0 Å². The maximum Gasteiger partial charge on any atom is 0.251 e. The molecule has 1 fully saturated rings. The first-order valence-corrected chi connectivity index (χ1v) is 8.08. The van der Waals surface area contributed by atoms with Gasteiger partial charge in [0.1, 0.15) is 5.82 Å². The zero-order valence-corrected chi connectivity index (χ0v) is 13.4. The summed E-state index contributed by atoms with van der Waals surface area (Å²) in [5.41, 5.74) is 1.65. The van der Waals surface area contributed by atoms with Crippen LogP contribution < -0.4 is 10.6 Å². The Kier molecular flexibility index (Phi) is 5.59. The number of nitrogens with one attached hydrogen (secondary N) is 2. The fourth-order valence-corrected chi connectivity index (χ4v) is 2.90. The second-order valence-corrected chi connectivity index (χ2v) is 6.27. The number of anilines is 1. The van der Waals surface area contributed by atoms with Crippen molar-refractivity contribution in [2.24, 2.45) is 5.92 Å². The van der Waals surface area contributed by atoms with Crippen molar-refractivity contribution >= 4 is 11.7 Å². The average Bonchev–Trinajstić information content (AvgIpc) is 2.99. The monoisotopic (exact) mass is 289 g/mol. The van der Waals surface area contributed by atoms with E-state index in [0.29, 0.717) is 11.5 Å². The molecule has 0 saturated heterocycles. The number of hydrogen-bond acceptors (Lipinski definition) is 3. The summed E-state index contributed by atoms with van der Waals surface area (Å²) < 4.78 is 0. The third-order valence-electron chi connectivity index (χ3n) is 4.27. The summed E-state index contributed by atoms with van der Waals surface area (Å²) in [5, 5.41) is 6.08. The molecule has 2 N–H and O–H groups in total. The van der Waals surface area contributed by atoms with Gasteiger partial charge in [-0.1, -0.05) is 39.5 Å². The van der Waals surface area contributed by atoms with Crippen LogP contribution in [-0.4, -0.2) is 24.5 Å². The van der Waals surface area contributed by atoms with Crippen LogP contribution in [0, 0.1) is 5.92 Å². The van der Waals surface area contributed by atoms with Gasteiger partial charge in [-0.3, -0.25) is 4.79 Å². The zero-order valence-electron chi connectivity index (χ0n) is 13.4. The first-order chi connectivity index (χ1) is 10.1. The molecule has 116 valence electrons. The van der Waals surface area contributed by atoms with E-state index in [1.54, 1.807) is 0 Å². The second kappa shape index (κ2) is 7.43. The molecule has 4 nitrogen and oxygen atoms in total. The average molecular weight is 289 g/mol. The summed E-state index contributed by atoms with van der Waals surface area (Å²) in [6, 6.07) is 3.72. The molecule has 2 rings (SSSR count). The van der Waals surface area contributed by atoms with E-state index >= 15 is 0 Å². The molecule has 1 heterocycles. The van der Waals surface area contributed by atoms with Crippen molar-refractivity contribution in [1.82, 2.24) is 10.3 Å². The van der Waals surface area contributed by atoms with Crippen LogP contribution >= 0.6 is 0 Å². The van der Waals surface area contributed by atoms with Crippen molar-refractivity contribution in [2.45, 2.75) is 51.9 Å². The molecule has 0 aromatic carbocycles. The first kappa shape index (κ1) is 15.8. The maximum atomic E-state index is 12.3. The maximum absolute atomic E-state index is 12.3. The van der Waals surface area contributed by atoms with E-state index in [1.807, 2.05) is 19.2 Å². The minimum absolute atomic E-state index is 0.00815. The van der Waals surface area contributed by atoms with Crippen LogP contribution in [0.2, 0.25) is 0 Å². The number of rotatable bonds is 6. The molecule has 1 aliphatic rings. The molecular weight excluding hydrogens is 262 g/mol.